The van der Waals surface area contributed by atoms with E-state index in [9.17, 15) is 9.59 Å². The molecule has 162 valence electrons. The Kier molecular flexibility index (Phi) is 7.47. The summed E-state index contributed by atoms with van der Waals surface area (Å²) < 4.78 is 12.7. The highest BCUT2D eigenvalue weighted by Gasteiger charge is 2.37. The summed E-state index contributed by atoms with van der Waals surface area (Å²) in [4.78, 5) is 36.5. The van der Waals surface area contributed by atoms with Crippen LogP contribution in [0.2, 0.25) is 0 Å². The first-order chi connectivity index (χ1) is 14.1. The number of piperazine rings is 1. The number of benzene rings is 1. The summed E-state index contributed by atoms with van der Waals surface area (Å²) in [6.45, 7) is 6.64. The second kappa shape index (κ2) is 9.71. The van der Waals surface area contributed by atoms with Crippen LogP contribution in [0.4, 0.5) is 9.59 Å². The van der Waals surface area contributed by atoms with Gasteiger partial charge in [0.15, 0.2) is 0 Å². The van der Waals surface area contributed by atoms with E-state index < -0.39 is 23.8 Å². The Bertz CT molecular complexity index is 878. The predicted molar refractivity (Wildman–Crippen MR) is 128 cm³/mol. The van der Waals surface area contributed by atoms with Gasteiger partial charge in [-0.2, -0.15) is 0 Å². The average Bonchev–Trinajstić information content (AvgIpc) is 3.03. The first-order valence-electron chi connectivity index (χ1n) is 9.50. The third-order valence-corrected chi connectivity index (χ3v) is 7.02. The molecule has 1 atom stereocenters. The number of H-pyrrole nitrogens is 1. The van der Waals surface area contributed by atoms with Crippen LogP contribution < -0.4 is 0 Å². The van der Waals surface area contributed by atoms with Gasteiger partial charge >= 0.3 is 12.2 Å². The van der Waals surface area contributed by atoms with Crippen LogP contribution in [0, 0.1) is 7.40 Å². The Morgan fingerprint density at radius 2 is 1.87 bits per heavy atom. The maximum Gasteiger partial charge on any atom is 0.410 e. The lowest BCUT2D eigenvalue weighted by Gasteiger charge is -2.40. The van der Waals surface area contributed by atoms with Crippen molar-refractivity contribution in [2.75, 3.05) is 19.6 Å². The molecule has 30 heavy (non-hydrogen) atoms. The molecule has 2 amide bonds. The number of rotatable bonds is 3. The molecule has 0 spiro atoms. The Morgan fingerprint density at radius 3 is 2.47 bits per heavy atom. The molecular weight excluding hydrogens is 614 g/mol. The predicted octanol–water partition coefficient (Wildman–Crippen LogP) is 4.55. The maximum absolute atomic E-state index is 12.9. The van der Waals surface area contributed by atoms with Crippen molar-refractivity contribution in [3.63, 3.8) is 0 Å². The number of hydrogen-bond donors (Lipinski definition) is 1. The summed E-state index contributed by atoms with van der Waals surface area (Å²) in [6.07, 6.45) is -0.838. The largest absolute Gasteiger partial charge is 0.445 e. The van der Waals surface area contributed by atoms with Crippen LogP contribution in [-0.4, -0.2) is 57.2 Å². The Labute approximate surface area is 203 Å². The number of ether oxygens (including phenoxy) is 2. The minimum atomic E-state index is -0.590. The molecule has 1 aliphatic heterocycles. The standard InChI is InChI=1S/C20H24I2N4O4/c1-20(2,3)30-18(27)25-9-10-26(14(11-25)17-23-15(21)16(22)24-17)19(28)29-12-13-7-5-4-6-8-13/h4-8,14H,9-12H2,1-3H3,(H,23,24). The lowest BCUT2D eigenvalue weighted by atomic mass is 10.1. The summed E-state index contributed by atoms with van der Waals surface area (Å²) in [5.74, 6) is 0.619. The van der Waals surface area contributed by atoms with E-state index >= 15 is 0 Å². The van der Waals surface area contributed by atoms with Crippen molar-refractivity contribution in [2.24, 2.45) is 0 Å². The van der Waals surface area contributed by atoms with Crippen LogP contribution in [0.5, 0.6) is 0 Å². The first kappa shape index (κ1) is 23.1. The molecule has 2 heterocycles. The van der Waals surface area contributed by atoms with Crippen molar-refractivity contribution >= 4 is 57.4 Å². The molecule has 1 aromatic heterocycles. The molecule has 1 saturated heterocycles. The fraction of sp³-hybridized carbons (Fsp3) is 0.450. The molecule has 1 aliphatic rings. The van der Waals surface area contributed by atoms with E-state index in [1.807, 2.05) is 51.1 Å². The Morgan fingerprint density at radius 1 is 1.17 bits per heavy atom. The third-order valence-electron chi connectivity index (χ3n) is 4.42. The average molecular weight is 638 g/mol. The summed E-state index contributed by atoms with van der Waals surface area (Å²) in [6, 6.07) is 9.07. The number of amides is 2. The highest BCUT2D eigenvalue weighted by atomic mass is 127. The molecule has 0 aliphatic carbocycles. The van der Waals surface area contributed by atoms with Crippen molar-refractivity contribution in [2.45, 2.75) is 39.0 Å². The van der Waals surface area contributed by atoms with Gasteiger partial charge in [0.2, 0.25) is 0 Å². The first-order valence-corrected chi connectivity index (χ1v) is 11.7. The van der Waals surface area contributed by atoms with E-state index in [4.69, 9.17) is 9.47 Å². The van der Waals surface area contributed by atoms with E-state index in [0.717, 1.165) is 13.0 Å². The fourth-order valence-corrected chi connectivity index (χ4v) is 3.83. The molecule has 8 nitrogen and oxygen atoms in total. The molecule has 0 bridgehead atoms. The number of imidazole rings is 1. The van der Waals surface area contributed by atoms with Crippen molar-refractivity contribution in [1.29, 1.82) is 0 Å². The maximum atomic E-state index is 12.9. The van der Waals surface area contributed by atoms with Crippen LogP contribution in [0.15, 0.2) is 30.3 Å². The summed E-state index contributed by atoms with van der Waals surface area (Å²) in [5.41, 5.74) is 0.324. The molecule has 0 radical (unpaired) electrons. The van der Waals surface area contributed by atoms with Gasteiger partial charge in [-0.1, -0.05) is 30.3 Å². The zero-order valence-corrected chi connectivity index (χ0v) is 21.3. The lowest BCUT2D eigenvalue weighted by Crippen LogP contribution is -2.53. The number of aromatic nitrogens is 2. The zero-order chi connectivity index (χ0) is 21.9. The van der Waals surface area contributed by atoms with Crippen molar-refractivity contribution < 1.29 is 19.1 Å². The van der Waals surface area contributed by atoms with Crippen LogP contribution >= 0.6 is 45.2 Å². The molecule has 3 rings (SSSR count). The number of halogens is 2. The lowest BCUT2D eigenvalue weighted by molar-refractivity contribution is -0.000156. The summed E-state index contributed by atoms with van der Waals surface area (Å²) >= 11 is 4.30. The van der Waals surface area contributed by atoms with Gasteiger partial charge in [0.1, 0.15) is 31.5 Å². The molecule has 1 N–H and O–H groups in total. The van der Waals surface area contributed by atoms with Crippen LogP contribution in [-0.2, 0) is 16.1 Å². The number of hydrogen-bond acceptors (Lipinski definition) is 5. The highest BCUT2D eigenvalue weighted by molar-refractivity contribution is 14.1. The minimum Gasteiger partial charge on any atom is -0.445 e. The normalized spacial score (nSPS) is 17.0. The van der Waals surface area contributed by atoms with E-state index in [1.54, 1.807) is 9.80 Å². The van der Waals surface area contributed by atoms with Crippen molar-refractivity contribution in [3.05, 3.63) is 49.1 Å². The smallest absolute Gasteiger partial charge is 0.410 e. The van der Waals surface area contributed by atoms with E-state index in [2.05, 4.69) is 55.1 Å². The molecule has 1 unspecified atom stereocenters. The number of nitrogens with zero attached hydrogens (tertiary/aromatic N) is 3. The van der Waals surface area contributed by atoms with Gasteiger partial charge in [0, 0.05) is 13.1 Å². The minimum absolute atomic E-state index is 0.186. The number of carbonyl (C=O) groups is 2. The Balaban J connectivity index is 1.76. The second-order valence-corrected chi connectivity index (χ2v) is 10.0. The van der Waals surface area contributed by atoms with Gasteiger partial charge in [-0.05, 0) is 71.5 Å². The van der Waals surface area contributed by atoms with Gasteiger partial charge in [0.25, 0.3) is 0 Å². The molecule has 0 saturated carbocycles. The molecular formula is C20H24I2N4O4. The van der Waals surface area contributed by atoms with Crippen molar-refractivity contribution in [1.82, 2.24) is 19.8 Å². The number of aromatic amines is 1. The Hall–Kier alpha value is -1.57. The van der Waals surface area contributed by atoms with Crippen molar-refractivity contribution in [3.8, 4) is 0 Å². The fourth-order valence-electron chi connectivity index (χ4n) is 3.03. The van der Waals surface area contributed by atoms with Crippen LogP contribution in [0.25, 0.3) is 0 Å². The van der Waals surface area contributed by atoms with E-state index in [-0.39, 0.29) is 13.2 Å². The molecule has 10 heteroatoms. The van der Waals surface area contributed by atoms with Gasteiger partial charge in [-0.25, -0.2) is 14.6 Å². The monoisotopic (exact) mass is 638 g/mol. The van der Waals surface area contributed by atoms with E-state index in [0.29, 0.717) is 18.9 Å². The second-order valence-electron chi connectivity index (χ2n) is 7.90. The van der Waals surface area contributed by atoms with Gasteiger partial charge in [-0.15, -0.1) is 0 Å². The van der Waals surface area contributed by atoms with Crippen LogP contribution in [0.1, 0.15) is 38.2 Å². The van der Waals surface area contributed by atoms with E-state index in [1.165, 1.54) is 0 Å². The quantitative estimate of drug-likeness (QED) is 0.499. The van der Waals surface area contributed by atoms with Gasteiger partial charge in [0.05, 0.1) is 6.54 Å². The SMILES string of the molecule is CC(C)(C)OC(=O)N1CCN(C(=O)OCc2ccccc2)C(c2nc(I)c(I)[nH]2)C1. The molecule has 2 aromatic rings. The summed E-state index contributed by atoms with van der Waals surface area (Å²) in [5, 5.41) is 0. The third kappa shape index (κ3) is 5.99. The van der Waals surface area contributed by atoms with Crippen LogP contribution in [0.3, 0.4) is 0 Å². The van der Waals surface area contributed by atoms with Gasteiger partial charge in [-0.3, -0.25) is 4.90 Å². The zero-order valence-electron chi connectivity index (χ0n) is 17.0. The number of carbonyl (C=O) groups excluding carboxylic acids is 2. The molecule has 1 aromatic carbocycles. The highest BCUT2D eigenvalue weighted by Crippen LogP contribution is 2.27. The number of nitrogens with one attached hydrogen (secondary N) is 1. The summed E-state index contributed by atoms with van der Waals surface area (Å²) in [7, 11) is 0. The topological polar surface area (TPSA) is 87.8 Å². The molecule has 1 fully saturated rings. The van der Waals surface area contributed by atoms with Gasteiger partial charge < -0.3 is 19.4 Å².